The molecule has 0 bridgehead atoms. The molecule has 1 atom stereocenters. The minimum atomic E-state index is -3.31. The predicted molar refractivity (Wildman–Crippen MR) is 131 cm³/mol. The summed E-state index contributed by atoms with van der Waals surface area (Å²) in [5.74, 6) is -0.839. The van der Waals surface area contributed by atoms with Gasteiger partial charge >= 0.3 is 0 Å². The lowest BCUT2D eigenvalue weighted by molar-refractivity contribution is -0.123. The minimum absolute atomic E-state index is 0.0193. The van der Waals surface area contributed by atoms with E-state index < -0.39 is 19.2 Å². The van der Waals surface area contributed by atoms with E-state index in [-0.39, 0.29) is 19.0 Å². The molecule has 0 saturated carbocycles. The summed E-state index contributed by atoms with van der Waals surface area (Å²) in [5.41, 5.74) is 0.655. The van der Waals surface area contributed by atoms with Gasteiger partial charge in [-0.3, -0.25) is 38.3 Å². The lowest BCUT2D eigenvalue weighted by Crippen LogP contribution is -2.45. The van der Waals surface area contributed by atoms with E-state index in [1.807, 2.05) is 4.90 Å². The summed E-state index contributed by atoms with van der Waals surface area (Å²) in [6, 6.07) is 6.56. The van der Waals surface area contributed by atoms with E-state index in [0.717, 1.165) is 4.90 Å². The summed E-state index contributed by atoms with van der Waals surface area (Å²) in [4.78, 5) is 67.2. The Bertz CT molecular complexity index is 963. The maximum absolute atomic E-state index is 13.6. The molecule has 1 fully saturated rings. The number of rotatable bonds is 9. The summed E-state index contributed by atoms with van der Waals surface area (Å²) in [6.45, 7) is 2.70. The molecule has 196 valence electrons. The predicted octanol–water partition coefficient (Wildman–Crippen LogP) is -0.145. The first-order valence-corrected chi connectivity index (χ1v) is 13.7. The van der Waals surface area contributed by atoms with Crippen molar-refractivity contribution in [1.29, 1.82) is 0 Å². The van der Waals surface area contributed by atoms with Crippen molar-refractivity contribution in [1.82, 2.24) is 24.5 Å². The summed E-state index contributed by atoms with van der Waals surface area (Å²) in [7, 11) is -1.97. The molecule has 3 rings (SSSR count). The smallest absolute Gasteiger partial charge is 0.261 e. The largest absolute Gasteiger partial charge is 0.342 e. The maximum Gasteiger partial charge on any atom is 0.261 e. The van der Waals surface area contributed by atoms with Crippen LogP contribution in [-0.4, -0.2) is 134 Å². The van der Waals surface area contributed by atoms with Crippen LogP contribution in [0.3, 0.4) is 0 Å². The fourth-order valence-corrected chi connectivity index (χ4v) is 6.01. The molecule has 2 aliphatic heterocycles. The Morgan fingerprint density at radius 1 is 0.778 bits per heavy atom. The van der Waals surface area contributed by atoms with Crippen LogP contribution in [0.2, 0.25) is 0 Å². The fourth-order valence-electron chi connectivity index (χ4n) is 4.18. The lowest BCUT2D eigenvalue weighted by Gasteiger charge is -2.32. The van der Waals surface area contributed by atoms with Crippen LogP contribution in [-0.2, 0) is 23.5 Å². The zero-order valence-electron chi connectivity index (χ0n) is 20.4. The molecule has 1 saturated heterocycles. The van der Waals surface area contributed by atoms with Gasteiger partial charge in [-0.1, -0.05) is 12.1 Å². The van der Waals surface area contributed by atoms with E-state index in [0.29, 0.717) is 82.7 Å². The first kappa shape index (κ1) is 27.5. The van der Waals surface area contributed by atoms with Gasteiger partial charge in [-0.2, -0.15) is 0 Å². The topological polar surface area (TPSA) is 128 Å². The SMILES string of the molecule is COP(=O)(CCN1C(=O)c2ccccc2C1=O)CN1CCN(C=O)CCN(C=O)CCN(C=O)CC1. The molecule has 0 N–H and O–H groups in total. The van der Waals surface area contributed by atoms with Crippen LogP contribution in [0.1, 0.15) is 20.7 Å². The molecule has 36 heavy (non-hydrogen) atoms. The van der Waals surface area contributed by atoms with Crippen molar-refractivity contribution in [2.24, 2.45) is 0 Å². The number of fused-ring (bicyclic) bond motifs is 1. The van der Waals surface area contributed by atoms with Crippen molar-refractivity contribution in [2.45, 2.75) is 0 Å². The van der Waals surface area contributed by atoms with Crippen molar-refractivity contribution < 1.29 is 33.1 Å². The second-order valence-corrected chi connectivity index (χ2v) is 11.4. The fraction of sp³-hybridized carbons (Fsp3) is 0.522. The average Bonchev–Trinajstić information content (AvgIpc) is 3.14. The molecule has 1 unspecified atom stereocenters. The first-order valence-electron chi connectivity index (χ1n) is 11.7. The number of imide groups is 1. The molecule has 0 aliphatic carbocycles. The maximum atomic E-state index is 13.6. The molecule has 0 spiro atoms. The number of hydrogen-bond donors (Lipinski definition) is 0. The van der Waals surface area contributed by atoms with Crippen LogP contribution in [0.5, 0.6) is 0 Å². The monoisotopic (exact) mass is 521 g/mol. The number of amides is 5. The molecular formula is C23H32N5O7P. The van der Waals surface area contributed by atoms with Crippen LogP contribution in [0.25, 0.3) is 0 Å². The van der Waals surface area contributed by atoms with Gasteiger partial charge in [0.15, 0.2) is 0 Å². The number of carbonyl (C=O) groups is 5. The van der Waals surface area contributed by atoms with Gasteiger partial charge in [-0.15, -0.1) is 0 Å². The molecule has 0 radical (unpaired) electrons. The Labute approximate surface area is 210 Å². The highest BCUT2D eigenvalue weighted by atomic mass is 31.2. The molecular weight excluding hydrogens is 489 g/mol. The van der Waals surface area contributed by atoms with Crippen LogP contribution in [0.4, 0.5) is 0 Å². The van der Waals surface area contributed by atoms with Crippen molar-refractivity contribution >= 4 is 38.4 Å². The van der Waals surface area contributed by atoms with E-state index in [4.69, 9.17) is 4.52 Å². The van der Waals surface area contributed by atoms with E-state index in [1.54, 1.807) is 34.1 Å². The molecule has 1 aromatic carbocycles. The minimum Gasteiger partial charge on any atom is -0.342 e. The summed E-state index contributed by atoms with van der Waals surface area (Å²) in [5, 5.41) is 0. The third kappa shape index (κ3) is 6.77. The number of nitrogens with zero attached hydrogens (tertiary/aromatic N) is 5. The Kier molecular flexibility index (Phi) is 9.74. The molecule has 2 aliphatic rings. The highest BCUT2D eigenvalue weighted by Crippen LogP contribution is 2.46. The zero-order chi connectivity index (χ0) is 26.1. The Hall–Kier alpha value is -3.08. The third-order valence-corrected chi connectivity index (χ3v) is 8.87. The van der Waals surface area contributed by atoms with E-state index >= 15 is 0 Å². The second kappa shape index (κ2) is 12.8. The zero-order valence-corrected chi connectivity index (χ0v) is 21.3. The van der Waals surface area contributed by atoms with Crippen LogP contribution in [0, 0.1) is 0 Å². The normalized spacial score (nSPS) is 19.8. The van der Waals surface area contributed by atoms with Crippen LogP contribution >= 0.6 is 7.37 Å². The van der Waals surface area contributed by atoms with E-state index in [9.17, 15) is 28.5 Å². The van der Waals surface area contributed by atoms with Crippen molar-refractivity contribution in [3.63, 3.8) is 0 Å². The highest BCUT2D eigenvalue weighted by Gasteiger charge is 2.37. The van der Waals surface area contributed by atoms with E-state index in [1.165, 1.54) is 12.0 Å². The molecule has 12 nitrogen and oxygen atoms in total. The lowest BCUT2D eigenvalue weighted by atomic mass is 10.1. The first-order chi connectivity index (χ1) is 17.3. The number of hydrogen-bond acceptors (Lipinski definition) is 8. The Morgan fingerprint density at radius 3 is 1.58 bits per heavy atom. The number of carbonyl (C=O) groups excluding carboxylic acids is 5. The van der Waals surface area contributed by atoms with E-state index in [2.05, 4.69) is 0 Å². The third-order valence-electron chi connectivity index (χ3n) is 6.49. The van der Waals surface area contributed by atoms with Gasteiger partial charge in [0.2, 0.25) is 26.6 Å². The van der Waals surface area contributed by atoms with Crippen LogP contribution in [0.15, 0.2) is 24.3 Å². The van der Waals surface area contributed by atoms with Crippen molar-refractivity contribution in [2.75, 3.05) is 78.5 Å². The second-order valence-electron chi connectivity index (χ2n) is 8.71. The summed E-state index contributed by atoms with van der Waals surface area (Å²) >= 11 is 0. The van der Waals surface area contributed by atoms with Crippen molar-refractivity contribution in [3.8, 4) is 0 Å². The van der Waals surface area contributed by atoms with Crippen molar-refractivity contribution in [3.05, 3.63) is 35.4 Å². The van der Waals surface area contributed by atoms with Gasteiger partial charge in [0.05, 0.1) is 17.4 Å². The standard InChI is InChI=1S/C23H32N5O7P/c1-35-36(34,15-14-28-22(32)20-4-2-3-5-21(20)23(28)33)19-27-12-10-25(17-30)8-6-24(16-29)7-9-26(18-31)11-13-27/h2-5,16-18H,6-15,19H2,1H3. The van der Waals surface area contributed by atoms with Gasteiger partial charge in [-0.25, -0.2) is 0 Å². The van der Waals surface area contributed by atoms with Gasteiger partial charge in [0, 0.05) is 72.2 Å². The molecule has 13 heteroatoms. The molecule has 5 amide bonds. The van der Waals surface area contributed by atoms with Crippen LogP contribution < -0.4 is 0 Å². The summed E-state index contributed by atoms with van der Waals surface area (Å²) < 4.78 is 19.0. The Balaban J connectivity index is 1.67. The van der Waals surface area contributed by atoms with Gasteiger partial charge in [-0.05, 0) is 12.1 Å². The Morgan fingerprint density at radius 2 is 1.19 bits per heavy atom. The summed E-state index contributed by atoms with van der Waals surface area (Å²) in [6.07, 6.45) is 2.14. The van der Waals surface area contributed by atoms with Gasteiger partial charge in [0.25, 0.3) is 11.8 Å². The average molecular weight is 522 g/mol. The number of benzene rings is 1. The molecule has 1 aromatic rings. The van der Waals surface area contributed by atoms with Gasteiger partial charge < -0.3 is 19.2 Å². The van der Waals surface area contributed by atoms with Gasteiger partial charge in [0.1, 0.15) is 0 Å². The molecule has 0 aromatic heterocycles. The quantitative estimate of drug-likeness (QED) is 0.250. The highest BCUT2D eigenvalue weighted by molar-refractivity contribution is 7.58. The molecule has 2 heterocycles.